The van der Waals surface area contributed by atoms with Crippen molar-refractivity contribution >= 4 is 27.5 Å². The van der Waals surface area contributed by atoms with Crippen LogP contribution in [0.25, 0.3) is 0 Å². The molecule has 1 atom stereocenters. The van der Waals surface area contributed by atoms with E-state index >= 15 is 0 Å². The highest BCUT2D eigenvalue weighted by atomic mass is 32.2. The predicted octanol–water partition coefficient (Wildman–Crippen LogP) is 3.36. The number of hydrogen-bond donors (Lipinski definition) is 1. The van der Waals surface area contributed by atoms with E-state index in [1.807, 2.05) is 37.3 Å². The number of amides is 2. The molecule has 0 saturated carbocycles. The van der Waals surface area contributed by atoms with Gasteiger partial charge in [0, 0.05) is 13.6 Å². The molecule has 0 spiro atoms. The van der Waals surface area contributed by atoms with Gasteiger partial charge in [0.1, 0.15) is 18.3 Å². The van der Waals surface area contributed by atoms with Gasteiger partial charge in [-0.25, -0.2) is 8.42 Å². The Balaban J connectivity index is 2.02. The van der Waals surface area contributed by atoms with Crippen molar-refractivity contribution in [3.8, 4) is 5.75 Å². The van der Waals surface area contributed by atoms with Crippen molar-refractivity contribution in [2.24, 2.45) is 0 Å². The summed E-state index contributed by atoms with van der Waals surface area (Å²) >= 11 is 0. The minimum Gasteiger partial charge on any atom is -0.497 e. The zero-order chi connectivity index (χ0) is 26.3. The Morgan fingerprint density at radius 1 is 0.944 bits per heavy atom. The molecule has 3 rings (SSSR count). The molecule has 3 aromatic carbocycles. The van der Waals surface area contributed by atoms with Crippen molar-refractivity contribution < 1.29 is 22.7 Å². The number of sulfonamides is 1. The van der Waals surface area contributed by atoms with Crippen molar-refractivity contribution in [2.75, 3.05) is 25.0 Å². The van der Waals surface area contributed by atoms with Crippen LogP contribution in [-0.4, -0.2) is 51.9 Å². The molecule has 0 radical (unpaired) electrons. The third kappa shape index (κ3) is 6.23. The number of likely N-dealkylation sites (N-methyl/N-ethyl adjacent to an activating group) is 1. The van der Waals surface area contributed by atoms with E-state index in [1.54, 1.807) is 43.3 Å². The van der Waals surface area contributed by atoms with Crippen molar-refractivity contribution in [1.29, 1.82) is 0 Å². The quantitative estimate of drug-likeness (QED) is 0.452. The lowest BCUT2D eigenvalue weighted by atomic mass is 10.1. The van der Waals surface area contributed by atoms with E-state index in [0.717, 1.165) is 15.4 Å². The summed E-state index contributed by atoms with van der Waals surface area (Å²) in [5.74, 6) is -0.310. The van der Waals surface area contributed by atoms with Crippen molar-refractivity contribution in [2.45, 2.75) is 31.3 Å². The first kappa shape index (κ1) is 26.7. The van der Waals surface area contributed by atoms with Crippen LogP contribution in [0.15, 0.2) is 83.8 Å². The van der Waals surface area contributed by atoms with Gasteiger partial charge < -0.3 is 15.0 Å². The number of ether oxygens (including phenoxy) is 1. The van der Waals surface area contributed by atoms with Gasteiger partial charge in [-0.05, 0) is 55.8 Å². The number of carbonyl (C=O) groups excluding carboxylic acids is 2. The second kappa shape index (κ2) is 11.7. The van der Waals surface area contributed by atoms with Crippen LogP contribution in [0.1, 0.15) is 18.1 Å². The predicted molar refractivity (Wildman–Crippen MR) is 139 cm³/mol. The molecule has 0 bridgehead atoms. The van der Waals surface area contributed by atoms with Gasteiger partial charge >= 0.3 is 0 Å². The second-order valence-electron chi connectivity index (χ2n) is 8.32. The van der Waals surface area contributed by atoms with Crippen LogP contribution in [0.5, 0.6) is 5.75 Å². The average Bonchev–Trinajstić information content (AvgIpc) is 2.90. The molecule has 8 nitrogen and oxygen atoms in total. The van der Waals surface area contributed by atoms with Crippen LogP contribution in [0, 0.1) is 6.92 Å². The lowest BCUT2D eigenvalue weighted by molar-refractivity contribution is -0.139. The lowest BCUT2D eigenvalue weighted by Gasteiger charge is -2.31. The Kier molecular flexibility index (Phi) is 8.71. The summed E-state index contributed by atoms with van der Waals surface area (Å²) in [6, 6.07) is 21.3. The monoisotopic (exact) mass is 509 g/mol. The molecule has 0 aliphatic heterocycles. The Morgan fingerprint density at radius 2 is 1.56 bits per heavy atom. The lowest BCUT2D eigenvalue weighted by Crippen LogP contribution is -2.50. The summed E-state index contributed by atoms with van der Waals surface area (Å²) in [7, 11) is -1.09. The first-order chi connectivity index (χ1) is 17.2. The number of aryl methyl sites for hydroxylation is 1. The van der Waals surface area contributed by atoms with Gasteiger partial charge in [-0.3, -0.25) is 13.9 Å². The van der Waals surface area contributed by atoms with E-state index in [0.29, 0.717) is 11.4 Å². The molecule has 0 heterocycles. The normalized spacial score (nSPS) is 11.9. The number of benzene rings is 3. The number of rotatable bonds is 10. The highest BCUT2D eigenvalue weighted by Gasteiger charge is 2.32. The Morgan fingerprint density at radius 3 is 2.11 bits per heavy atom. The molecular formula is C27H31N3O5S. The molecule has 0 saturated heterocycles. The van der Waals surface area contributed by atoms with Gasteiger partial charge in [0.05, 0.1) is 17.7 Å². The number of carbonyl (C=O) groups is 2. The summed E-state index contributed by atoms with van der Waals surface area (Å²) in [6.45, 7) is 3.14. The maximum atomic E-state index is 13.7. The summed E-state index contributed by atoms with van der Waals surface area (Å²) in [5, 5.41) is 2.57. The highest BCUT2D eigenvalue weighted by molar-refractivity contribution is 7.92. The molecule has 1 N–H and O–H groups in total. The largest absolute Gasteiger partial charge is 0.497 e. The van der Waals surface area contributed by atoms with E-state index in [-0.39, 0.29) is 17.3 Å². The zero-order valence-corrected chi connectivity index (χ0v) is 21.7. The highest BCUT2D eigenvalue weighted by Crippen LogP contribution is 2.26. The Hall–Kier alpha value is -3.85. The molecule has 0 aromatic heterocycles. The molecule has 190 valence electrons. The summed E-state index contributed by atoms with van der Waals surface area (Å²) in [4.78, 5) is 27.6. The standard InChI is InChI=1S/C27H31N3O5S/c1-20-10-16-25(17-11-20)36(33,34)30(23-12-14-24(35-4)15-13-23)19-26(31)29(21(2)27(32)28-3)18-22-8-6-5-7-9-22/h5-17,21H,18-19H2,1-4H3,(H,28,32)/t21-/m1/s1. The van der Waals surface area contributed by atoms with Gasteiger partial charge in [0.2, 0.25) is 11.8 Å². The number of nitrogens with zero attached hydrogens (tertiary/aromatic N) is 2. The third-order valence-electron chi connectivity index (χ3n) is 5.86. The molecule has 36 heavy (non-hydrogen) atoms. The van der Waals surface area contributed by atoms with Crippen molar-refractivity contribution in [3.63, 3.8) is 0 Å². The Labute approximate surface area is 212 Å². The molecule has 0 aliphatic carbocycles. The molecule has 0 fully saturated rings. The SMILES string of the molecule is CNC(=O)[C@@H](C)N(Cc1ccccc1)C(=O)CN(c1ccc(OC)cc1)S(=O)(=O)c1ccc(C)cc1. The van der Waals surface area contributed by atoms with Gasteiger partial charge in [-0.2, -0.15) is 0 Å². The molecule has 0 aliphatic rings. The van der Waals surface area contributed by atoms with Crippen molar-refractivity contribution in [1.82, 2.24) is 10.2 Å². The van der Waals surface area contributed by atoms with E-state index in [2.05, 4.69) is 5.32 Å². The average molecular weight is 510 g/mol. The summed E-state index contributed by atoms with van der Waals surface area (Å²) in [6.07, 6.45) is 0. The molecular weight excluding hydrogens is 478 g/mol. The molecule has 3 aromatic rings. The Bertz CT molecular complexity index is 1280. The van der Waals surface area contributed by atoms with Crippen molar-refractivity contribution in [3.05, 3.63) is 90.0 Å². The number of hydrogen-bond acceptors (Lipinski definition) is 5. The van der Waals surface area contributed by atoms with E-state index in [4.69, 9.17) is 4.74 Å². The summed E-state index contributed by atoms with van der Waals surface area (Å²) < 4.78 is 33.7. The van der Waals surface area contributed by atoms with Crippen LogP contribution in [0.4, 0.5) is 5.69 Å². The minimum absolute atomic E-state index is 0.0608. The number of methoxy groups -OCH3 is 1. The minimum atomic E-state index is -4.10. The van der Waals surface area contributed by atoms with Gasteiger partial charge in [-0.1, -0.05) is 48.0 Å². The first-order valence-electron chi connectivity index (χ1n) is 11.5. The maximum Gasteiger partial charge on any atom is 0.264 e. The smallest absolute Gasteiger partial charge is 0.264 e. The van der Waals surface area contributed by atoms with E-state index < -0.39 is 28.5 Å². The van der Waals surface area contributed by atoms with Crippen LogP contribution in [-0.2, 0) is 26.2 Å². The zero-order valence-electron chi connectivity index (χ0n) is 20.8. The van der Waals surface area contributed by atoms with E-state index in [9.17, 15) is 18.0 Å². The van der Waals surface area contributed by atoms with Crippen LogP contribution < -0.4 is 14.4 Å². The van der Waals surface area contributed by atoms with Gasteiger partial charge in [0.15, 0.2) is 0 Å². The van der Waals surface area contributed by atoms with Crippen LogP contribution in [0.3, 0.4) is 0 Å². The maximum absolute atomic E-state index is 13.7. The fourth-order valence-corrected chi connectivity index (χ4v) is 5.10. The van der Waals surface area contributed by atoms with Crippen LogP contribution in [0.2, 0.25) is 0 Å². The first-order valence-corrected chi connectivity index (χ1v) is 12.9. The molecule has 9 heteroatoms. The second-order valence-corrected chi connectivity index (χ2v) is 10.2. The van der Waals surface area contributed by atoms with Gasteiger partial charge in [-0.15, -0.1) is 0 Å². The van der Waals surface area contributed by atoms with Crippen LogP contribution >= 0.6 is 0 Å². The summed E-state index contributed by atoms with van der Waals surface area (Å²) in [5.41, 5.74) is 2.03. The van der Waals surface area contributed by atoms with Gasteiger partial charge in [0.25, 0.3) is 10.0 Å². The third-order valence-corrected chi connectivity index (χ3v) is 7.65. The fraction of sp³-hybridized carbons (Fsp3) is 0.259. The van der Waals surface area contributed by atoms with E-state index in [1.165, 1.54) is 31.2 Å². The number of nitrogens with one attached hydrogen (secondary N) is 1. The topological polar surface area (TPSA) is 96.0 Å². The molecule has 0 unspecified atom stereocenters. The molecule has 2 amide bonds. The number of anilines is 1. The fourth-order valence-electron chi connectivity index (χ4n) is 3.69.